The van der Waals surface area contributed by atoms with Gasteiger partial charge in [0.2, 0.25) is 5.91 Å². The van der Waals surface area contributed by atoms with Crippen LogP contribution in [-0.4, -0.2) is 36.5 Å². The SMILES string of the molecule is C[C@@H](NC(=O)NCCCN1CCCC1=O)c1cccs1. The molecule has 110 valence electrons. The van der Waals surface area contributed by atoms with Gasteiger partial charge in [0.1, 0.15) is 0 Å². The summed E-state index contributed by atoms with van der Waals surface area (Å²) in [6.45, 7) is 4.15. The zero-order chi connectivity index (χ0) is 14.4. The molecule has 0 aromatic carbocycles. The van der Waals surface area contributed by atoms with Gasteiger partial charge in [-0.25, -0.2) is 4.79 Å². The fraction of sp³-hybridized carbons (Fsp3) is 0.571. The second-order valence-electron chi connectivity index (χ2n) is 4.98. The van der Waals surface area contributed by atoms with E-state index in [1.54, 1.807) is 11.3 Å². The number of urea groups is 1. The Labute approximate surface area is 123 Å². The first-order chi connectivity index (χ1) is 9.66. The van der Waals surface area contributed by atoms with Gasteiger partial charge >= 0.3 is 6.03 Å². The van der Waals surface area contributed by atoms with Crippen LogP contribution in [0.1, 0.15) is 37.1 Å². The first-order valence-electron chi connectivity index (χ1n) is 7.02. The zero-order valence-corrected chi connectivity index (χ0v) is 12.5. The molecule has 0 bridgehead atoms. The third-order valence-electron chi connectivity index (χ3n) is 3.38. The van der Waals surface area contributed by atoms with E-state index < -0.39 is 0 Å². The molecule has 0 saturated carbocycles. The van der Waals surface area contributed by atoms with Crippen LogP contribution in [-0.2, 0) is 4.79 Å². The molecule has 0 aliphatic carbocycles. The quantitative estimate of drug-likeness (QED) is 0.790. The van der Waals surface area contributed by atoms with Gasteiger partial charge < -0.3 is 15.5 Å². The molecule has 2 rings (SSSR count). The number of carbonyl (C=O) groups is 2. The largest absolute Gasteiger partial charge is 0.343 e. The monoisotopic (exact) mass is 295 g/mol. The van der Waals surface area contributed by atoms with Gasteiger partial charge in [0.25, 0.3) is 0 Å². The molecule has 0 unspecified atom stereocenters. The van der Waals surface area contributed by atoms with Crippen molar-refractivity contribution < 1.29 is 9.59 Å². The van der Waals surface area contributed by atoms with E-state index in [1.165, 1.54) is 0 Å². The maximum Gasteiger partial charge on any atom is 0.315 e. The van der Waals surface area contributed by atoms with Gasteiger partial charge in [0.05, 0.1) is 6.04 Å². The zero-order valence-electron chi connectivity index (χ0n) is 11.7. The number of thiophene rings is 1. The van der Waals surface area contributed by atoms with Crippen molar-refractivity contribution in [2.45, 2.75) is 32.2 Å². The molecule has 20 heavy (non-hydrogen) atoms. The molecule has 1 atom stereocenters. The fourth-order valence-corrected chi connectivity index (χ4v) is 3.00. The Morgan fingerprint density at radius 2 is 2.40 bits per heavy atom. The molecule has 1 fully saturated rings. The lowest BCUT2D eigenvalue weighted by atomic mass is 10.3. The van der Waals surface area contributed by atoms with Crippen LogP contribution >= 0.6 is 11.3 Å². The maximum absolute atomic E-state index is 11.7. The molecule has 0 spiro atoms. The van der Waals surface area contributed by atoms with Gasteiger partial charge in [-0.15, -0.1) is 11.3 Å². The van der Waals surface area contributed by atoms with E-state index in [0.29, 0.717) is 13.0 Å². The molecule has 3 amide bonds. The number of rotatable bonds is 6. The molecular weight excluding hydrogens is 274 g/mol. The van der Waals surface area contributed by atoms with Crippen LogP contribution in [0.3, 0.4) is 0 Å². The summed E-state index contributed by atoms with van der Waals surface area (Å²) in [7, 11) is 0. The molecule has 5 nitrogen and oxygen atoms in total. The van der Waals surface area contributed by atoms with E-state index >= 15 is 0 Å². The highest BCUT2D eigenvalue weighted by molar-refractivity contribution is 7.10. The second kappa shape index (κ2) is 7.28. The molecule has 1 aromatic heterocycles. The number of amides is 3. The molecular formula is C14H21N3O2S. The maximum atomic E-state index is 11.7. The number of nitrogens with one attached hydrogen (secondary N) is 2. The van der Waals surface area contributed by atoms with Gasteiger partial charge in [-0.2, -0.15) is 0 Å². The molecule has 6 heteroatoms. The fourth-order valence-electron chi connectivity index (χ4n) is 2.27. The Bertz CT molecular complexity index is 447. The van der Waals surface area contributed by atoms with Crippen molar-refractivity contribution >= 4 is 23.3 Å². The van der Waals surface area contributed by atoms with E-state index in [2.05, 4.69) is 10.6 Å². The third-order valence-corrected chi connectivity index (χ3v) is 4.43. The summed E-state index contributed by atoms with van der Waals surface area (Å²) in [4.78, 5) is 26.1. The normalized spacial score (nSPS) is 16.2. The lowest BCUT2D eigenvalue weighted by molar-refractivity contribution is -0.127. The van der Waals surface area contributed by atoms with E-state index in [-0.39, 0.29) is 18.0 Å². The van der Waals surface area contributed by atoms with Gasteiger partial charge in [0.15, 0.2) is 0 Å². The average molecular weight is 295 g/mol. The van der Waals surface area contributed by atoms with Crippen LogP contribution in [0.5, 0.6) is 0 Å². The van der Waals surface area contributed by atoms with Crippen molar-refractivity contribution in [2.24, 2.45) is 0 Å². The Balaban J connectivity index is 1.59. The van der Waals surface area contributed by atoms with Crippen LogP contribution in [0.25, 0.3) is 0 Å². The van der Waals surface area contributed by atoms with E-state index in [4.69, 9.17) is 0 Å². The van der Waals surface area contributed by atoms with Gasteiger partial charge in [-0.1, -0.05) is 6.07 Å². The molecule has 2 heterocycles. The summed E-state index contributed by atoms with van der Waals surface area (Å²) in [5.74, 6) is 0.237. The first-order valence-corrected chi connectivity index (χ1v) is 7.90. The Hall–Kier alpha value is -1.56. The highest BCUT2D eigenvalue weighted by Crippen LogP contribution is 2.17. The molecule has 1 aliphatic rings. The average Bonchev–Trinajstić information content (AvgIpc) is 3.06. The summed E-state index contributed by atoms with van der Waals surface area (Å²) in [6, 6.07) is 3.85. The molecule has 2 N–H and O–H groups in total. The van der Waals surface area contributed by atoms with Crippen molar-refractivity contribution in [1.82, 2.24) is 15.5 Å². The third kappa shape index (κ3) is 4.23. The van der Waals surface area contributed by atoms with Crippen LogP contribution in [0, 0.1) is 0 Å². The number of hydrogen-bond acceptors (Lipinski definition) is 3. The van der Waals surface area contributed by atoms with E-state index in [9.17, 15) is 9.59 Å². The van der Waals surface area contributed by atoms with Gasteiger partial charge in [-0.05, 0) is 31.2 Å². The first kappa shape index (κ1) is 14.8. The minimum Gasteiger partial charge on any atom is -0.343 e. The minimum atomic E-state index is -0.154. The summed E-state index contributed by atoms with van der Waals surface area (Å²) in [5.41, 5.74) is 0. The van der Waals surface area contributed by atoms with Crippen LogP contribution in [0.15, 0.2) is 17.5 Å². The minimum absolute atomic E-state index is 0.0233. The Kier molecular flexibility index (Phi) is 5.40. The molecule has 1 aliphatic heterocycles. The van der Waals surface area contributed by atoms with Gasteiger partial charge in [-0.3, -0.25) is 4.79 Å². The number of nitrogens with zero attached hydrogens (tertiary/aromatic N) is 1. The predicted molar refractivity (Wildman–Crippen MR) is 79.7 cm³/mol. The Morgan fingerprint density at radius 1 is 1.55 bits per heavy atom. The van der Waals surface area contributed by atoms with Gasteiger partial charge in [0, 0.05) is 30.9 Å². The van der Waals surface area contributed by atoms with Crippen molar-refractivity contribution in [3.63, 3.8) is 0 Å². The summed E-state index contributed by atoms with van der Waals surface area (Å²) in [5, 5.41) is 7.73. The number of hydrogen-bond donors (Lipinski definition) is 2. The highest BCUT2D eigenvalue weighted by Gasteiger charge is 2.19. The van der Waals surface area contributed by atoms with Crippen LogP contribution < -0.4 is 10.6 Å². The summed E-state index contributed by atoms with van der Waals surface area (Å²) >= 11 is 1.63. The molecule has 0 radical (unpaired) electrons. The molecule has 1 saturated heterocycles. The molecule has 1 aromatic rings. The van der Waals surface area contributed by atoms with Crippen molar-refractivity contribution in [2.75, 3.05) is 19.6 Å². The lowest BCUT2D eigenvalue weighted by Gasteiger charge is -2.16. The van der Waals surface area contributed by atoms with Crippen molar-refractivity contribution in [3.8, 4) is 0 Å². The standard InChI is InChI=1S/C14H21N3O2S/c1-11(12-5-3-10-20-12)16-14(19)15-7-4-9-17-8-2-6-13(17)18/h3,5,10-11H,2,4,6-9H2,1H3,(H2,15,16,19)/t11-/m1/s1. The second-order valence-corrected chi connectivity index (χ2v) is 5.95. The summed E-state index contributed by atoms with van der Waals surface area (Å²) in [6.07, 6.45) is 2.43. The number of carbonyl (C=O) groups excluding carboxylic acids is 2. The Morgan fingerprint density at radius 3 is 3.05 bits per heavy atom. The summed E-state index contributed by atoms with van der Waals surface area (Å²) < 4.78 is 0. The van der Waals surface area contributed by atoms with Crippen LogP contribution in [0.4, 0.5) is 4.79 Å². The lowest BCUT2D eigenvalue weighted by Crippen LogP contribution is -2.38. The predicted octanol–water partition coefficient (Wildman–Crippen LogP) is 2.12. The van der Waals surface area contributed by atoms with Crippen LogP contribution in [0.2, 0.25) is 0 Å². The highest BCUT2D eigenvalue weighted by atomic mass is 32.1. The van der Waals surface area contributed by atoms with E-state index in [0.717, 1.165) is 30.8 Å². The number of likely N-dealkylation sites (tertiary alicyclic amines) is 1. The topological polar surface area (TPSA) is 61.4 Å². The smallest absolute Gasteiger partial charge is 0.315 e. The van der Waals surface area contributed by atoms with E-state index in [1.807, 2.05) is 29.3 Å². The van der Waals surface area contributed by atoms with Crippen molar-refractivity contribution in [1.29, 1.82) is 0 Å². The van der Waals surface area contributed by atoms with Crippen molar-refractivity contribution in [3.05, 3.63) is 22.4 Å².